The van der Waals surface area contributed by atoms with Gasteiger partial charge < -0.3 is 5.32 Å². The van der Waals surface area contributed by atoms with Crippen LogP contribution in [0.5, 0.6) is 0 Å². The summed E-state index contributed by atoms with van der Waals surface area (Å²) in [5, 5.41) is 14.8. The molecule has 0 aliphatic carbocycles. The zero-order valence-electron chi connectivity index (χ0n) is 13.7. The van der Waals surface area contributed by atoms with Crippen molar-refractivity contribution in [3.8, 4) is 5.69 Å². The summed E-state index contributed by atoms with van der Waals surface area (Å²) in [5.74, 6) is -0.422. The van der Waals surface area contributed by atoms with Gasteiger partial charge in [-0.3, -0.25) is 9.89 Å². The van der Waals surface area contributed by atoms with Gasteiger partial charge in [-0.15, -0.1) is 0 Å². The number of aromatic amines is 1. The molecule has 1 atom stereocenters. The van der Waals surface area contributed by atoms with Crippen LogP contribution in [-0.2, 0) is 4.79 Å². The summed E-state index contributed by atoms with van der Waals surface area (Å²) >= 11 is 6.17. The molecule has 1 aromatic carbocycles. The van der Waals surface area contributed by atoms with E-state index in [0.717, 1.165) is 22.6 Å². The number of para-hydroxylation sites is 1. The average Bonchev–Trinajstić information content (AvgIpc) is 3.14. The maximum absolute atomic E-state index is 12.5. The van der Waals surface area contributed by atoms with Crippen molar-refractivity contribution < 1.29 is 4.79 Å². The third-order valence-electron chi connectivity index (χ3n) is 3.96. The Morgan fingerprint density at radius 1 is 1.33 bits per heavy atom. The number of benzene rings is 1. The number of hydrogen-bond acceptors (Lipinski definition) is 3. The van der Waals surface area contributed by atoms with E-state index in [1.807, 2.05) is 39.0 Å². The fraction of sp³-hybridized carbons (Fsp3) is 0.235. The SMILES string of the molecule is Cc1n[nH]c(C)c1[C@@H](C)C(=O)Nc1cnn(-c2ccccc2Cl)c1. The Labute approximate surface area is 144 Å². The Morgan fingerprint density at radius 2 is 2.08 bits per heavy atom. The van der Waals surface area contributed by atoms with Gasteiger partial charge >= 0.3 is 0 Å². The lowest BCUT2D eigenvalue weighted by molar-refractivity contribution is -0.117. The number of anilines is 1. The molecule has 3 aromatic rings. The minimum atomic E-state index is -0.313. The fourth-order valence-corrected chi connectivity index (χ4v) is 2.96. The number of nitrogens with zero attached hydrogens (tertiary/aromatic N) is 3. The number of aromatic nitrogens is 4. The molecule has 7 heteroatoms. The van der Waals surface area contributed by atoms with Gasteiger partial charge in [-0.1, -0.05) is 23.7 Å². The molecular weight excluding hydrogens is 326 g/mol. The van der Waals surface area contributed by atoms with E-state index in [0.29, 0.717) is 10.7 Å². The Kier molecular flexibility index (Phi) is 4.40. The van der Waals surface area contributed by atoms with Gasteiger partial charge in [0.25, 0.3) is 0 Å². The number of rotatable bonds is 4. The van der Waals surface area contributed by atoms with E-state index < -0.39 is 0 Å². The molecule has 24 heavy (non-hydrogen) atoms. The van der Waals surface area contributed by atoms with Gasteiger partial charge in [0.15, 0.2) is 0 Å². The van der Waals surface area contributed by atoms with Crippen LogP contribution in [0, 0.1) is 13.8 Å². The third kappa shape index (κ3) is 3.05. The monoisotopic (exact) mass is 343 g/mol. The summed E-state index contributed by atoms with van der Waals surface area (Å²) < 4.78 is 1.64. The van der Waals surface area contributed by atoms with E-state index in [1.54, 1.807) is 23.1 Å². The molecule has 6 nitrogen and oxygen atoms in total. The second-order valence-corrected chi connectivity index (χ2v) is 6.09. The Balaban J connectivity index is 1.78. The van der Waals surface area contributed by atoms with Crippen LogP contribution in [0.3, 0.4) is 0 Å². The second-order valence-electron chi connectivity index (χ2n) is 5.68. The molecule has 124 valence electrons. The summed E-state index contributed by atoms with van der Waals surface area (Å²) in [5.41, 5.74) is 4.04. The normalized spacial score (nSPS) is 12.2. The molecule has 0 saturated heterocycles. The van der Waals surface area contributed by atoms with Crippen LogP contribution in [0.15, 0.2) is 36.7 Å². The van der Waals surface area contributed by atoms with Crippen molar-refractivity contribution in [1.82, 2.24) is 20.0 Å². The quantitative estimate of drug-likeness (QED) is 0.759. The minimum absolute atomic E-state index is 0.110. The van der Waals surface area contributed by atoms with E-state index in [4.69, 9.17) is 11.6 Å². The van der Waals surface area contributed by atoms with Crippen molar-refractivity contribution in [2.45, 2.75) is 26.7 Å². The van der Waals surface area contributed by atoms with Gasteiger partial charge in [0.2, 0.25) is 5.91 Å². The molecule has 1 amide bonds. The van der Waals surface area contributed by atoms with Gasteiger partial charge in [-0.2, -0.15) is 10.2 Å². The summed E-state index contributed by atoms with van der Waals surface area (Å²) in [6, 6.07) is 7.40. The van der Waals surface area contributed by atoms with Crippen LogP contribution >= 0.6 is 11.6 Å². The van der Waals surface area contributed by atoms with Crippen molar-refractivity contribution in [3.63, 3.8) is 0 Å². The number of carbonyl (C=O) groups is 1. The molecule has 2 heterocycles. The minimum Gasteiger partial charge on any atom is -0.323 e. The van der Waals surface area contributed by atoms with Crippen LogP contribution < -0.4 is 5.32 Å². The molecule has 0 bridgehead atoms. The highest BCUT2D eigenvalue weighted by atomic mass is 35.5. The maximum atomic E-state index is 12.5. The van der Waals surface area contributed by atoms with Crippen molar-refractivity contribution in [2.24, 2.45) is 0 Å². The first-order valence-electron chi connectivity index (χ1n) is 7.59. The van der Waals surface area contributed by atoms with Crippen LogP contribution in [-0.4, -0.2) is 25.9 Å². The summed E-state index contributed by atoms with van der Waals surface area (Å²) in [6.45, 7) is 5.66. The number of amides is 1. The molecule has 2 aromatic heterocycles. The van der Waals surface area contributed by atoms with Crippen molar-refractivity contribution in [1.29, 1.82) is 0 Å². The lowest BCUT2D eigenvalue weighted by atomic mass is 9.98. The lowest BCUT2D eigenvalue weighted by Crippen LogP contribution is -2.19. The predicted octanol–water partition coefficient (Wildman–Crippen LogP) is 3.61. The van der Waals surface area contributed by atoms with Crippen molar-refractivity contribution in [3.05, 3.63) is 58.6 Å². The van der Waals surface area contributed by atoms with E-state index >= 15 is 0 Å². The van der Waals surface area contributed by atoms with Gasteiger partial charge in [0, 0.05) is 11.3 Å². The topological polar surface area (TPSA) is 75.6 Å². The summed E-state index contributed by atoms with van der Waals surface area (Å²) in [7, 11) is 0. The Morgan fingerprint density at radius 3 is 2.75 bits per heavy atom. The number of H-pyrrole nitrogens is 1. The Bertz CT molecular complexity index is 863. The first-order chi connectivity index (χ1) is 11.5. The lowest BCUT2D eigenvalue weighted by Gasteiger charge is -2.11. The number of hydrogen-bond donors (Lipinski definition) is 2. The molecule has 0 aliphatic rings. The number of aryl methyl sites for hydroxylation is 2. The van der Waals surface area contributed by atoms with Crippen LogP contribution in [0.2, 0.25) is 5.02 Å². The zero-order valence-corrected chi connectivity index (χ0v) is 14.4. The maximum Gasteiger partial charge on any atom is 0.231 e. The third-order valence-corrected chi connectivity index (χ3v) is 4.28. The molecule has 0 saturated carbocycles. The van der Waals surface area contributed by atoms with Crippen LogP contribution in [0.25, 0.3) is 5.69 Å². The molecule has 3 rings (SSSR count). The standard InChI is InChI=1S/C17H18ClN5O/c1-10(16-11(2)21-22-12(16)3)17(24)20-13-8-19-23(9-13)15-7-5-4-6-14(15)18/h4-10H,1-3H3,(H,20,24)(H,21,22)/t10-/m1/s1. The van der Waals surface area contributed by atoms with E-state index in [-0.39, 0.29) is 11.8 Å². The molecule has 0 spiro atoms. The Hall–Kier alpha value is -2.60. The highest BCUT2D eigenvalue weighted by Gasteiger charge is 2.21. The van der Waals surface area contributed by atoms with Crippen molar-refractivity contribution >= 4 is 23.2 Å². The van der Waals surface area contributed by atoms with Crippen molar-refractivity contribution in [2.75, 3.05) is 5.32 Å². The molecule has 2 N–H and O–H groups in total. The molecular formula is C17H18ClN5O. The van der Waals surface area contributed by atoms with E-state index in [9.17, 15) is 4.79 Å². The number of halogens is 1. The van der Waals surface area contributed by atoms with Crippen LogP contribution in [0.1, 0.15) is 29.8 Å². The highest BCUT2D eigenvalue weighted by Crippen LogP contribution is 2.24. The second kappa shape index (κ2) is 6.49. The predicted molar refractivity (Wildman–Crippen MR) is 93.7 cm³/mol. The highest BCUT2D eigenvalue weighted by molar-refractivity contribution is 6.32. The molecule has 0 unspecified atom stereocenters. The first kappa shape index (κ1) is 16.3. The van der Waals surface area contributed by atoms with Gasteiger partial charge in [-0.25, -0.2) is 4.68 Å². The van der Waals surface area contributed by atoms with E-state index in [2.05, 4.69) is 20.6 Å². The summed E-state index contributed by atoms with van der Waals surface area (Å²) in [6.07, 6.45) is 3.34. The molecule has 0 radical (unpaired) electrons. The fourth-order valence-electron chi connectivity index (χ4n) is 2.74. The smallest absolute Gasteiger partial charge is 0.231 e. The van der Waals surface area contributed by atoms with Crippen LogP contribution in [0.4, 0.5) is 5.69 Å². The molecule has 0 fully saturated rings. The average molecular weight is 344 g/mol. The number of carbonyl (C=O) groups excluding carboxylic acids is 1. The summed E-state index contributed by atoms with van der Waals surface area (Å²) in [4.78, 5) is 12.5. The van der Waals surface area contributed by atoms with E-state index in [1.165, 1.54) is 0 Å². The molecule has 0 aliphatic heterocycles. The van der Waals surface area contributed by atoms with Gasteiger partial charge in [0.05, 0.1) is 40.4 Å². The first-order valence-corrected chi connectivity index (χ1v) is 7.97. The number of nitrogens with one attached hydrogen (secondary N) is 2. The van der Waals surface area contributed by atoms with Gasteiger partial charge in [-0.05, 0) is 32.9 Å². The zero-order chi connectivity index (χ0) is 17.3. The largest absolute Gasteiger partial charge is 0.323 e. The van der Waals surface area contributed by atoms with Gasteiger partial charge in [0.1, 0.15) is 0 Å².